The summed E-state index contributed by atoms with van der Waals surface area (Å²) in [6.07, 6.45) is 0.223. The fourth-order valence-electron chi connectivity index (χ4n) is 2.98. The van der Waals surface area contributed by atoms with Crippen LogP contribution in [-0.4, -0.2) is 23.2 Å². The van der Waals surface area contributed by atoms with E-state index in [9.17, 15) is 4.79 Å². The molecular formula is C23H18ClN3O3. The summed E-state index contributed by atoms with van der Waals surface area (Å²) in [5.74, 6) is 1.44. The molecule has 1 aromatic heterocycles. The molecule has 0 aliphatic carbocycles. The van der Waals surface area contributed by atoms with E-state index in [1.807, 2.05) is 48.5 Å². The van der Waals surface area contributed by atoms with Crippen LogP contribution < -0.4 is 10.1 Å². The third-order valence-electron chi connectivity index (χ3n) is 4.49. The second-order valence-electron chi connectivity index (χ2n) is 6.54. The number of carbonyl (C=O) groups is 1. The van der Waals surface area contributed by atoms with Crippen LogP contribution in [-0.2, 0) is 11.2 Å². The largest absolute Gasteiger partial charge is 0.496 e. The number of benzene rings is 3. The molecule has 30 heavy (non-hydrogen) atoms. The molecule has 0 spiro atoms. The summed E-state index contributed by atoms with van der Waals surface area (Å²) in [4.78, 5) is 16.8. The molecule has 0 unspecified atom stereocenters. The molecule has 7 heteroatoms. The van der Waals surface area contributed by atoms with Crippen LogP contribution in [0.2, 0.25) is 5.02 Å². The maximum absolute atomic E-state index is 12.4. The Bertz CT molecular complexity index is 1160. The third kappa shape index (κ3) is 4.50. The van der Waals surface area contributed by atoms with Crippen LogP contribution in [0.1, 0.15) is 5.56 Å². The first-order valence-electron chi connectivity index (χ1n) is 9.24. The number of nitrogens with one attached hydrogen (secondary N) is 1. The van der Waals surface area contributed by atoms with Gasteiger partial charge >= 0.3 is 0 Å². The van der Waals surface area contributed by atoms with Gasteiger partial charge in [0.05, 0.1) is 13.5 Å². The van der Waals surface area contributed by atoms with E-state index in [2.05, 4.69) is 15.5 Å². The maximum Gasteiger partial charge on any atom is 0.258 e. The molecule has 0 atom stereocenters. The van der Waals surface area contributed by atoms with E-state index < -0.39 is 0 Å². The Morgan fingerprint density at radius 1 is 1.00 bits per heavy atom. The monoisotopic (exact) mass is 419 g/mol. The van der Waals surface area contributed by atoms with E-state index in [0.29, 0.717) is 28.2 Å². The van der Waals surface area contributed by atoms with Crippen LogP contribution >= 0.6 is 11.6 Å². The van der Waals surface area contributed by atoms with Crippen molar-refractivity contribution in [3.05, 3.63) is 83.4 Å². The summed E-state index contributed by atoms with van der Waals surface area (Å²) in [6.45, 7) is 0. The van der Waals surface area contributed by atoms with Gasteiger partial charge in [-0.25, -0.2) is 0 Å². The van der Waals surface area contributed by atoms with Crippen molar-refractivity contribution in [1.82, 2.24) is 10.1 Å². The van der Waals surface area contributed by atoms with Crippen molar-refractivity contribution in [2.24, 2.45) is 0 Å². The summed E-state index contributed by atoms with van der Waals surface area (Å²) in [6, 6.07) is 21.9. The van der Waals surface area contributed by atoms with Crippen LogP contribution in [0, 0.1) is 0 Å². The number of rotatable bonds is 6. The van der Waals surface area contributed by atoms with E-state index >= 15 is 0 Å². The summed E-state index contributed by atoms with van der Waals surface area (Å²) < 4.78 is 10.6. The summed E-state index contributed by atoms with van der Waals surface area (Å²) in [5, 5.41) is 7.56. The number of hydrogen-bond acceptors (Lipinski definition) is 5. The molecule has 6 nitrogen and oxygen atoms in total. The molecule has 0 saturated heterocycles. The Labute approximate surface area is 178 Å². The number of amides is 1. The van der Waals surface area contributed by atoms with Gasteiger partial charge in [-0.05, 0) is 54.6 Å². The number of methoxy groups -OCH3 is 1. The highest BCUT2D eigenvalue weighted by atomic mass is 35.5. The predicted octanol–water partition coefficient (Wildman–Crippen LogP) is 5.25. The van der Waals surface area contributed by atoms with Crippen molar-refractivity contribution in [2.45, 2.75) is 6.42 Å². The minimum absolute atomic E-state index is 0.128. The predicted molar refractivity (Wildman–Crippen MR) is 116 cm³/mol. The molecule has 1 N–H and O–H groups in total. The lowest BCUT2D eigenvalue weighted by molar-refractivity contribution is -0.115. The van der Waals surface area contributed by atoms with Crippen LogP contribution in [0.3, 0.4) is 0 Å². The third-order valence-corrected chi connectivity index (χ3v) is 4.74. The quantitative estimate of drug-likeness (QED) is 0.462. The fourth-order valence-corrected chi connectivity index (χ4v) is 3.11. The Balaban J connectivity index is 1.43. The molecule has 0 aliphatic rings. The summed E-state index contributed by atoms with van der Waals surface area (Å²) >= 11 is 5.91. The van der Waals surface area contributed by atoms with Crippen LogP contribution in [0.15, 0.2) is 77.3 Å². The normalized spacial score (nSPS) is 10.6. The van der Waals surface area contributed by atoms with Gasteiger partial charge in [-0.1, -0.05) is 35.0 Å². The Morgan fingerprint density at radius 3 is 2.43 bits per heavy atom. The average Bonchev–Trinajstić information content (AvgIpc) is 3.25. The van der Waals surface area contributed by atoms with Gasteiger partial charge in [0.25, 0.3) is 5.89 Å². The van der Waals surface area contributed by atoms with Crippen molar-refractivity contribution in [1.29, 1.82) is 0 Å². The zero-order valence-electron chi connectivity index (χ0n) is 16.1. The minimum Gasteiger partial charge on any atom is -0.496 e. The zero-order chi connectivity index (χ0) is 20.9. The topological polar surface area (TPSA) is 77.2 Å². The number of halogens is 1. The van der Waals surface area contributed by atoms with Crippen molar-refractivity contribution in [2.75, 3.05) is 12.4 Å². The highest BCUT2D eigenvalue weighted by molar-refractivity contribution is 6.30. The number of aromatic nitrogens is 2. The van der Waals surface area contributed by atoms with Gasteiger partial charge in [0.15, 0.2) is 0 Å². The smallest absolute Gasteiger partial charge is 0.258 e. The molecule has 4 rings (SSSR count). The number of carbonyl (C=O) groups excluding carboxylic acids is 1. The van der Waals surface area contributed by atoms with Crippen LogP contribution in [0.4, 0.5) is 5.69 Å². The maximum atomic E-state index is 12.4. The molecule has 0 radical (unpaired) electrons. The zero-order valence-corrected chi connectivity index (χ0v) is 16.9. The Kier molecular flexibility index (Phi) is 5.77. The molecule has 3 aromatic carbocycles. The molecular weight excluding hydrogens is 402 g/mol. The van der Waals surface area contributed by atoms with Gasteiger partial charge in [0, 0.05) is 27.4 Å². The van der Waals surface area contributed by atoms with E-state index in [-0.39, 0.29) is 12.3 Å². The molecule has 1 heterocycles. The first-order valence-corrected chi connectivity index (χ1v) is 9.62. The van der Waals surface area contributed by atoms with E-state index in [1.165, 1.54) is 0 Å². The number of nitrogens with zero attached hydrogens (tertiary/aromatic N) is 2. The lowest BCUT2D eigenvalue weighted by atomic mass is 10.1. The first kappa shape index (κ1) is 19.7. The van der Waals surface area contributed by atoms with Gasteiger partial charge in [0.2, 0.25) is 11.7 Å². The number of hydrogen-bond donors (Lipinski definition) is 1. The van der Waals surface area contributed by atoms with Gasteiger partial charge in [0.1, 0.15) is 5.75 Å². The molecule has 0 aliphatic heterocycles. The molecule has 0 bridgehead atoms. The minimum atomic E-state index is -0.128. The highest BCUT2D eigenvalue weighted by Crippen LogP contribution is 2.25. The average molecular weight is 420 g/mol. The summed E-state index contributed by atoms with van der Waals surface area (Å²) in [7, 11) is 1.59. The van der Waals surface area contributed by atoms with Crippen LogP contribution in [0.25, 0.3) is 22.8 Å². The van der Waals surface area contributed by atoms with Crippen molar-refractivity contribution >= 4 is 23.2 Å². The molecule has 150 valence electrons. The van der Waals surface area contributed by atoms with Gasteiger partial charge in [-0.15, -0.1) is 0 Å². The highest BCUT2D eigenvalue weighted by Gasteiger charge is 2.12. The van der Waals surface area contributed by atoms with Crippen molar-refractivity contribution in [3.8, 4) is 28.6 Å². The SMILES string of the molecule is COc1ccccc1CC(=O)Nc1ccc(-c2noc(-c3ccc(Cl)cc3)n2)cc1. The van der Waals surface area contributed by atoms with E-state index in [4.69, 9.17) is 20.9 Å². The second kappa shape index (κ2) is 8.80. The molecule has 4 aromatic rings. The number of anilines is 1. The molecule has 0 fully saturated rings. The second-order valence-corrected chi connectivity index (χ2v) is 6.98. The first-order chi connectivity index (χ1) is 14.6. The Hall–Kier alpha value is -3.64. The number of para-hydroxylation sites is 1. The van der Waals surface area contributed by atoms with Gasteiger partial charge < -0.3 is 14.6 Å². The van der Waals surface area contributed by atoms with E-state index in [0.717, 1.165) is 16.7 Å². The van der Waals surface area contributed by atoms with Crippen molar-refractivity contribution in [3.63, 3.8) is 0 Å². The fraction of sp³-hybridized carbons (Fsp3) is 0.0870. The van der Waals surface area contributed by atoms with E-state index in [1.54, 1.807) is 31.4 Å². The van der Waals surface area contributed by atoms with Crippen LogP contribution in [0.5, 0.6) is 5.75 Å². The lowest BCUT2D eigenvalue weighted by Crippen LogP contribution is -2.14. The lowest BCUT2D eigenvalue weighted by Gasteiger charge is -2.09. The molecule has 1 amide bonds. The standard InChI is InChI=1S/C23H18ClN3O3/c1-29-20-5-3-2-4-17(20)14-21(28)25-19-12-8-15(9-13-19)22-26-23(30-27-22)16-6-10-18(24)11-7-16/h2-13H,14H2,1H3,(H,25,28). The molecule has 0 saturated carbocycles. The van der Waals surface area contributed by atoms with Crippen molar-refractivity contribution < 1.29 is 14.1 Å². The number of ether oxygens (including phenoxy) is 1. The van der Waals surface area contributed by atoms with Gasteiger partial charge in [-0.2, -0.15) is 4.98 Å². The summed E-state index contributed by atoms with van der Waals surface area (Å²) in [5.41, 5.74) is 3.08. The Morgan fingerprint density at radius 2 is 1.70 bits per heavy atom. The van der Waals surface area contributed by atoms with Gasteiger partial charge in [-0.3, -0.25) is 4.79 Å².